The molecule has 32 heavy (non-hydrogen) atoms. The van der Waals surface area contributed by atoms with Gasteiger partial charge >= 0.3 is 0 Å². The van der Waals surface area contributed by atoms with Gasteiger partial charge in [0.05, 0.1) is 13.7 Å². The van der Waals surface area contributed by atoms with Crippen LogP contribution >= 0.6 is 0 Å². The molecule has 0 fully saturated rings. The number of rotatable bonds is 7. The van der Waals surface area contributed by atoms with E-state index in [4.69, 9.17) is 4.74 Å². The van der Waals surface area contributed by atoms with Crippen LogP contribution in [0.15, 0.2) is 58.2 Å². The van der Waals surface area contributed by atoms with E-state index in [1.807, 2.05) is 0 Å². The van der Waals surface area contributed by atoms with E-state index in [1.165, 1.54) is 26.3 Å². The highest BCUT2D eigenvalue weighted by Gasteiger charge is 2.27. The number of sulfonamides is 1. The largest absolute Gasteiger partial charge is 0.495 e. The van der Waals surface area contributed by atoms with Gasteiger partial charge in [0.1, 0.15) is 22.3 Å². The normalized spacial score (nSPS) is 11.4. The van der Waals surface area contributed by atoms with Gasteiger partial charge in [0.2, 0.25) is 15.9 Å². The Kier molecular flexibility index (Phi) is 6.70. The zero-order chi connectivity index (χ0) is 23.5. The Balaban J connectivity index is 1.77. The number of hydrogen-bond acceptors (Lipinski definition) is 6. The van der Waals surface area contributed by atoms with E-state index in [9.17, 15) is 22.4 Å². The van der Waals surface area contributed by atoms with Gasteiger partial charge in [-0.3, -0.25) is 9.59 Å². The van der Waals surface area contributed by atoms with Crippen molar-refractivity contribution in [3.05, 3.63) is 70.4 Å². The Hall–Kier alpha value is -3.57. The number of likely N-dealkylation sites (N-methyl/N-ethyl adjacent to an activating group) is 1. The summed E-state index contributed by atoms with van der Waals surface area (Å²) in [5.41, 5.74) is 1.18. The Bertz CT molecular complexity index is 1320. The van der Waals surface area contributed by atoms with Crippen LogP contribution in [-0.4, -0.2) is 49.3 Å². The molecule has 2 N–H and O–H groups in total. The standard InChI is InChI=1S/C21H21FN4O5S/c1-13-9-19(27)25-21(23-13)14-5-4-6-16(10-14)24-20(28)12-26(2)32(29,30)18-11-15(22)7-8-17(18)31-3/h4-11H,12H2,1-3H3,(H,24,28)(H,23,25,27). The van der Waals surface area contributed by atoms with Crippen molar-refractivity contribution < 1.29 is 22.3 Å². The molecule has 0 aliphatic rings. The molecule has 11 heteroatoms. The summed E-state index contributed by atoms with van der Waals surface area (Å²) in [6.45, 7) is 1.17. The van der Waals surface area contributed by atoms with E-state index >= 15 is 0 Å². The summed E-state index contributed by atoms with van der Waals surface area (Å²) in [6, 6.07) is 11.0. The number of H-pyrrole nitrogens is 1. The lowest BCUT2D eigenvalue weighted by atomic mass is 10.2. The molecule has 3 aromatic rings. The minimum Gasteiger partial charge on any atom is -0.495 e. The van der Waals surface area contributed by atoms with Crippen molar-refractivity contribution in [1.82, 2.24) is 14.3 Å². The number of hydrogen-bond donors (Lipinski definition) is 2. The number of nitrogens with zero attached hydrogens (tertiary/aromatic N) is 2. The number of aryl methyl sites for hydroxylation is 1. The summed E-state index contributed by atoms with van der Waals surface area (Å²) in [6.07, 6.45) is 0. The number of nitrogens with one attached hydrogen (secondary N) is 2. The molecule has 0 unspecified atom stereocenters. The second-order valence-corrected chi connectivity index (χ2v) is 8.93. The van der Waals surface area contributed by atoms with Crippen molar-refractivity contribution in [1.29, 1.82) is 0 Å². The minimum absolute atomic E-state index is 0.0361. The molecule has 0 aliphatic heterocycles. The third kappa shape index (κ3) is 5.18. The summed E-state index contributed by atoms with van der Waals surface area (Å²) in [7, 11) is -1.72. The molecule has 9 nitrogen and oxygen atoms in total. The molecule has 3 rings (SSSR count). The van der Waals surface area contributed by atoms with E-state index in [2.05, 4.69) is 15.3 Å². The number of amides is 1. The molecule has 0 saturated heterocycles. The Labute approximate surface area is 183 Å². The fourth-order valence-electron chi connectivity index (χ4n) is 2.97. The van der Waals surface area contributed by atoms with Crippen LogP contribution < -0.4 is 15.6 Å². The molecule has 0 atom stereocenters. The monoisotopic (exact) mass is 460 g/mol. The highest BCUT2D eigenvalue weighted by molar-refractivity contribution is 7.89. The zero-order valence-electron chi connectivity index (χ0n) is 17.5. The summed E-state index contributed by atoms with van der Waals surface area (Å²) in [4.78, 5) is 30.7. The smallest absolute Gasteiger partial charge is 0.251 e. The maximum absolute atomic E-state index is 13.6. The van der Waals surface area contributed by atoms with Crippen LogP contribution in [0.5, 0.6) is 5.75 Å². The highest BCUT2D eigenvalue weighted by atomic mass is 32.2. The van der Waals surface area contributed by atoms with E-state index < -0.39 is 28.3 Å². The first-order chi connectivity index (χ1) is 15.1. The Morgan fingerprint density at radius 3 is 2.66 bits per heavy atom. The Morgan fingerprint density at radius 1 is 1.22 bits per heavy atom. The molecule has 0 saturated carbocycles. The quantitative estimate of drug-likeness (QED) is 0.557. The van der Waals surface area contributed by atoms with E-state index in [0.29, 0.717) is 22.8 Å². The van der Waals surface area contributed by atoms with Gasteiger partial charge in [-0.1, -0.05) is 12.1 Å². The van der Waals surface area contributed by atoms with Crippen molar-refractivity contribution in [2.45, 2.75) is 11.8 Å². The lowest BCUT2D eigenvalue weighted by molar-refractivity contribution is -0.116. The van der Waals surface area contributed by atoms with Crippen LogP contribution in [0.25, 0.3) is 11.4 Å². The van der Waals surface area contributed by atoms with Crippen LogP contribution in [0.4, 0.5) is 10.1 Å². The SMILES string of the molecule is COc1ccc(F)cc1S(=O)(=O)N(C)CC(=O)Nc1cccc(-c2nc(C)cc(=O)[nH]2)c1. The molecule has 1 amide bonds. The predicted molar refractivity (Wildman–Crippen MR) is 116 cm³/mol. The number of benzene rings is 2. The minimum atomic E-state index is -4.19. The predicted octanol–water partition coefficient (Wildman–Crippen LogP) is 2.15. The number of ether oxygens (including phenoxy) is 1. The number of aromatic amines is 1. The zero-order valence-corrected chi connectivity index (χ0v) is 18.4. The third-order valence-corrected chi connectivity index (χ3v) is 6.29. The average molecular weight is 460 g/mol. The molecule has 2 aromatic carbocycles. The molecule has 1 aromatic heterocycles. The van der Waals surface area contributed by atoms with Gasteiger partial charge in [-0.25, -0.2) is 17.8 Å². The molecular formula is C21H21FN4O5S. The first-order valence-electron chi connectivity index (χ1n) is 9.38. The maximum atomic E-state index is 13.6. The first-order valence-corrected chi connectivity index (χ1v) is 10.8. The number of carbonyl (C=O) groups excluding carboxylic acids is 1. The van der Waals surface area contributed by atoms with Crippen LogP contribution in [0.2, 0.25) is 0 Å². The van der Waals surface area contributed by atoms with Gasteiger partial charge in [-0.2, -0.15) is 4.31 Å². The highest BCUT2D eigenvalue weighted by Crippen LogP contribution is 2.27. The lowest BCUT2D eigenvalue weighted by Crippen LogP contribution is -2.35. The van der Waals surface area contributed by atoms with Crippen LogP contribution in [0.1, 0.15) is 5.69 Å². The van der Waals surface area contributed by atoms with Crippen molar-refractivity contribution in [2.24, 2.45) is 0 Å². The second-order valence-electron chi connectivity index (χ2n) is 6.92. The van der Waals surface area contributed by atoms with Crippen molar-refractivity contribution in [3.63, 3.8) is 0 Å². The van der Waals surface area contributed by atoms with E-state index in [1.54, 1.807) is 31.2 Å². The second kappa shape index (κ2) is 9.28. The van der Waals surface area contributed by atoms with Crippen LogP contribution in [-0.2, 0) is 14.8 Å². The number of methoxy groups -OCH3 is 1. The number of halogens is 1. The maximum Gasteiger partial charge on any atom is 0.251 e. The average Bonchev–Trinajstić information content (AvgIpc) is 2.73. The molecule has 168 valence electrons. The van der Waals surface area contributed by atoms with Crippen molar-refractivity contribution in [2.75, 3.05) is 26.0 Å². The van der Waals surface area contributed by atoms with Crippen LogP contribution in [0, 0.1) is 12.7 Å². The molecule has 0 radical (unpaired) electrons. The summed E-state index contributed by atoms with van der Waals surface area (Å²) in [5, 5.41) is 2.61. The summed E-state index contributed by atoms with van der Waals surface area (Å²) >= 11 is 0. The first kappa shape index (κ1) is 23.1. The van der Waals surface area contributed by atoms with Gasteiger partial charge in [0.15, 0.2) is 0 Å². The number of anilines is 1. The van der Waals surface area contributed by atoms with Gasteiger partial charge in [-0.05, 0) is 37.3 Å². The molecule has 0 aliphatic carbocycles. The topological polar surface area (TPSA) is 121 Å². The fourth-order valence-corrected chi connectivity index (χ4v) is 4.26. The van der Waals surface area contributed by atoms with E-state index in [-0.39, 0.29) is 16.2 Å². The van der Waals surface area contributed by atoms with E-state index in [0.717, 1.165) is 16.4 Å². The number of aromatic nitrogens is 2. The summed E-state index contributed by atoms with van der Waals surface area (Å²) < 4.78 is 45.0. The molecule has 0 bridgehead atoms. The van der Waals surface area contributed by atoms with Gasteiger partial charge in [0, 0.05) is 30.1 Å². The molecular weight excluding hydrogens is 439 g/mol. The Morgan fingerprint density at radius 2 is 1.97 bits per heavy atom. The fraction of sp³-hybridized carbons (Fsp3) is 0.190. The van der Waals surface area contributed by atoms with Gasteiger partial charge in [-0.15, -0.1) is 0 Å². The molecule has 0 spiro atoms. The summed E-state index contributed by atoms with van der Waals surface area (Å²) in [5.74, 6) is -1.06. The molecule has 1 heterocycles. The van der Waals surface area contributed by atoms with Crippen molar-refractivity contribution in [3.8, 4) is 17.1 Å². The third-order valence-electron chi connectivity index (χ3n) is 4.47. The van der Waals surface area contributed by atoms with Crippen molar-refractivity contribution >= 4 is 21.6 Å². The van der Waals surface area contributed by atoms with Crippen LogP contribution in [0.3, 0.4) is 0 Å². The number of carbonyl (C=O) groups is 1. The van der Waals surface area contributed by atoms with Gasteiger partial charge < -0.3 is 15.0 Å². The van der Waals surface area contributed by atoms with Gasteiger partial charge in [0.25, 0.3) is 5.56 Å². The lowest BCUT2D eigenvalue weighted by Gasteiger charge is -2.18.